The Morgan fingerprint density at radius 1 is 1.02 bits per heavy atom. The quantitative estimate of drug-likeness (QED) is 0.179. The highest BCUT2D eigenvalue weighted by Gasteiger charge is 2.80. The van der Waals surface area contributed by atoms with Gasteiger partial charge in [-0.2, -0.15) is 0 Å². The number of anilines is 1. The van der Waals surface area contributed by atoms with Crippen molar-refractivity contribution in [1.29, 1.82) is 0 Å². The zero-order chi connectivity index (χ0) is 41.8. The fourth-order valence-corrected chi connectivity index (χ4v) is 13.2. The number of aromatic nitrogens is 1. The maximum Gasteiger partial charge on any atom is 0.344 e. The maximum atomic E-state index is 15.3. The van der Waals surface area contributed by atoms with Gasteiger partial charge >= 0.3 is 17.9 Å². The van der Waals surface area contributed by atoms with Crippen LogP contribution in [0.3, 0.4) is 0 Å². The van der Waals surface area contributed by atoms with Gasteiger partial charge in [0.25, 0.3) is 0 Å². The Kier molecular flexibility index (Phi) is 9.58. The molecule has 5 aliphatic heterocycles. The van der Waals surface area contributed by atoms with E-state index in [2.05, 4.69) is 46.0 Å². The predicted molar refractivity (Wildman–Crippen MR) is 224 cm³/mol. The lowest BCUT2D eigenvalue weighted by Crippen LogP contribution is -2.81. The summed E-state index contributed by atoms with van der Waals surface area (Å²) in [6.07, 6.45) is 8.25. The Hall–Kier alpha value is -4.36. The number of carbonyl (C=O) groups excluding carboxylic acids is 3. The van der Waals surface area contributed by atoms with Crippen molar-refractivity contribution in [3.8, 4) is 5.75 Å². The third-order valence-corrected chi connectivity index (χ3v) is 15.3. The van der Waals surface area contributed by atoms with Gasteiger partial charge in [0.05, 0.1) is 27.4 Å². The van der Waals surface area contributed by atoms with Gasteiger partial charge in [-0.05, 0) is 80.0 Å². The van der Waals surface area contributed by atoms with Crippen molar-refractivity contribution in [2.45, 2.75) is 87.5 Å². The molecule has 0 amide bonds. The van der Waals surface area contributed by atoms with Gasteiger partial charge in [0, 0.05) is 96.0 Å². The molecule has 6 heterocycles. The van der Waals surface area contributed by atoms with Crippen LogP contribution in [0.5, 0.6) is 5.75 Å². The minimum atomic E-state index is -2.29. The van der Waals surface area contributed by atoms with Crippen LogP contribution in [0.25, 0.3) is 10.9 Å². The summed E-state index contributed by atoms with van der Waals surface area (Å²) in [5.74, 6) is -1.41. The summed E-state index contributed by atoms with van der Waals surface area (Å²) in [4.78, 5) is 53.3. The summed E-state index contributed by atoms with van der Waals surface area (Å²) >= 11 is 6.69. The first kappa shape index (κ1) is 40.1. The van der Waals surface area contributed by atoms with Gasteiger partial charge in [0.1, 0.15) is 11.2 Å². The molecule has 314 valence electrons. The normalized spacial score (nSPS) is 34.4. The molecule has 2 N–H and O–H groups in total. The number of fused-ring (bicyclic) bond motifs is 6. The van der Waals surface area contributed by atoms with E-state index in [1.807, 2.05) is 43.1 Å². The topological polar surface area (TPSA) is 134 Å². The van der Waals surface area contributed by atoms with Crippen molar-refractivity contribution in [3.63, 3.8) is 0 Å². The minimum absolute atomic E-state index is 0.00734. The van der Waals surface area contributed by atoms with Crippen molar-refractivity contribution in [2.75, 3.05) is 66.0 Å². The van der Waals surface area contributed by atoms with Crippen LogP contribution in [0.2, 0.25) is 5.02 Å². The molecule has 1 saturated heterocycles. The van der Waals surface area contributed by atoms with Crippen molar-refractivity contribution in [3.05, 3.63) is 81.5 Å². The van der Waals surface area contributed by atoms with Gasteiger partial charge in [0.15, 0.2) is 6.10 Å². The smallest absolute Gasteiger partial charge is 0.344 e. The third-order valence-electron chi connectivity index (χ3n) is 15.1. The Morgan fingerprint density at radius 2 is 1.80 bits per heavy atom. The minimum Gasteiger partial charge on any atom is -0.496 e. The van der Waals surface area contributed by atoms with E-state index in [-0.39, 0.29) is 12.0 Å². The van der Waals surface area contributed by atoms with Crippen molar-refractivity contribution in [2.24, 2.45) is 11.3 Å². The average Bonchev–Trinajstić information content (AvgIpc) is 3.89. The van der Waals surface area contributed by atoms with E-state index in [4.69, 9.17) is 30.5 Å². The van der Waals surface area contributed by atoms with Gasteiger partial charge < -0.3 is 33.9 Å². The van der Waals surface area contributed by atoms with Crippen LogP contribution in [-0.4, -0.2) is 123 Å². The number of hydrogen-bond acceptors (Lipinski definition) is 11. The lowest BCUT2D eigenvalue weighted by Gasteiger charge is -2.63. The summed E-state index contributed by atoms with van der Waals surface area (Å²) in [5, 5.41) is 14.9. The second-order valence-electron chi connectivity index (χ2n) is 17.6. The number of aromatic amines is 1. The van der Waals surface area contributed by atoms with Crippen molar-refractivity contribution >= 4 is 46.1 Å². The number of esters is 3. The number of H-pyrrole nitrogens is 1. The van der Waals surface area contributed by atoms with Crippen LogP contribution in [0.1, 0.15) is 68.8 Å². The van der Waals surface area contributed by atoms with Crippen molar-refractivity contribution in [1.82, 2.24) is 14.8 Å². The molecule has 3 unspecified atom stereocenters. The SMILES string of the molecule is CCC1=C[C@@H]2CN(CCc3c([nH]c4ccc(Cl)cc34)[C@@](C(=O)OC)(c3cc4c(cc3OC)N(C)C3C(O)(C(=O)OC)[C@H](OC(C)=O)[C@]5(CC)C=CCN6CC[C@]43[C@@H]65)C2)C1. The zero-order valence-corrected chi connectivity index (χ0v) is 35.8. The summed E-state index contributed by atoms with van der Waals surface area (Å²) in [5.41, 5.74) is 0.707. The number of likely N-dealkylation sites (N-methyl/N-ethyl adjacent to an activating group) is 1. The molecule has 13 heteroatoms. The molecule has 0 radical (unpaired) electrons. The van der Waals surface area contributed by atoms with Crippen LogP contribution in [0.4, 0.5) is 5.69 Å². The first-order valence-electron chi connectivity index (χ1n) is 20.9. The first-order chi connectivity index (χ1) is 28.3. The molecule has 2 fully saturated rings. The van der Waals surface area contributed by atoms with Gasteiger partial charge in [0.2, 0.25) is 5.60 Å². The van der Waals surface area contributed by atoms with Crippen LogP contribution >= 0.6 is 11.6 Å². The number of methoxy groups -OCH3 is 3. The molecule has 1 aliphatic carbocycles. The maximum absolute atomic E-state index is 15.3. The van der Waals surface area contributed by atoms with Crippen LogP contribution in [0, 0.1) is 11.3 Å². The average molecular weight is 827 g/mol. The van der Waals surface area contributed by atoms with Crippen LogP contribution in [-0.2, 0) is 45.8 Å². The monoisotopic (exact) mass is 826 g/mol. The van der Waals surface area contributed by atoms with Gasteiger partial charge in [-0.15, -0.1) is 0 Å². The zero-order valence-electron chi connectivity index (χ0n) is 35.0. The van der Waals surface area contributed by atoms with Crippen LogP contribution in [0.15, 0.2) is 54.1 Å². The van der Waals surface area contributed by atoms with Gasteiger partial charge in [-0.25, -0.2) is 4.79 Å². The van der Waals surface area contributed by atoms with E-state index in [1.165, 1.54) is 26.7 Å². The molecule has 9 atom stereocenters. The Morgan fingerprint density at radius 3 is 2.49 bits per heavy atom. The predicted octanol–water partition coefficient (Wildman–Crippen LogP) is 5.45. The third kappa shape index (κ3) is 5.28. The second-order valence-corrected chi connectivity index (χ2v) is 18.1. The molecule has 2 aromatic carbocycles. The lowest BCUT2D eigenvalue weighted by atomic mass is 9.47. The summed E-state index contributed by atoms with van der Waals surface area (Å²) < 4.78 is 24.0. The molecule has 6 aliphatic rings. The summed E-state index contributed by atoms with van der Waals surface area (Å²) in [7, 11) is 6.20. The number of nitrogens with one attached hydrogen (secondary N) is 1. The van der Waals surface area contributed by atoms with E-state index in [1.54, 1.807) is 7.11 Å². The highest BCUT2D eigenvalue weighted by Crippen LogP contribution is 2.68. The standard InChI is InChI=1S/C46H55ClN4O8/c1-8-27-19-28-23-45(41(53)57-6,37-30(13-17-50(24-27)25-28)31-20-29(47)11-12-34(31)48-37)33-21-32-35(22-36(33)56-5)49(4)39-44(32)15-18-51-16-10-14-43(9-2,38(44)51)40(59-26(3)52)46(39,55)42(54)58-7/h10-12,14,19-22,28,38-40,48,55H,8-9,13,15-18,23-25H2,1-7H3/t28-,38-,39?,40+,43+,44+,45-,46?/m0/s1. The fourth-order valence-electron chi connectivity index (χ4n) is 13.1. The number of hydrogen-bond donors (Lipinski definition) is 2. The molecule has 2 bridgehead atoms. The molecule has 9 rings (SSSR count). The first-order valence-corrected chi connectivity index (χ1v) is 21.3. The Labute approximate surface area is 350 Å². The highest BCUT2D eigenvalue weighted by atomic mass is 35.5. The molecular formula is C46H55ClN4O8. The van der Waals surface area contributed by atoms with Gasteiger partial charge in [-0.3, -0.25) is 19.4 Å². The largest absolute Gasteiger partial charge is 0.496 e. The van der Waals surface area contributed by atoms with Crippen molar-refractivity contribution < 1.29 is 38.4 Å². The number of halogens is 1. The fraction of sp³-hybridized carbons (Fsp3) is 0.543. The number of ether oxygens (including phenoxy) is 4. The summed E-state index contributed by atoms with van der Waals surface area (Å²) in [6.45, 7) is 9.29. The highest BCUT2D eigenvalue weighted by molar-refractivity contribution is 6.31. The number of nitrogens with zero attached hydrogens (tertiary/aromatic N) is 3. The molecule has 59 heavy (non-hydrogen) atoms. The van der Waals surface area contributed by atoms with Crippen LogP contribution < -0.4 is 9.64 Å². The van der Waals surface area contributed by atoms with E-state index >= 15 is 4.79 Å². The molecule has 1 aromatic heterocycles. The number of aliphatic hydroxyl groups is 1. The van der Waals surface area contributed by atoms with E-state index in [0.29, 0.717) is 55.1 Å². The molecule has 1 saturated carbocycles. The Bertz CT molecular complexity index is 2320. The summed E-state index contributed by atoms with van der Waals surface area (Å²) in [6, 6.07) is 8.68. The lowest BCUT2D eigenvalue weighted by molar-refractivity contribution is -0.228. The molecular weight excluding hydrogens is 772 g/mol. The number of benzene rings is 2. The van der Waals surface area contributed by atoms with E-state index in [9.17, 15) is 14.7 Å². The van der Waals surface area contributed by atoms with E-state index < -0.39 is 51.9 Å². The Balaban J connectivity index is 1.38. The van der Waals surface area contributed by atoms with Gasteiger partial charge in [-0.1, -0.05) is 49.2 Å². The van der Waals surface area contributed by atoms with E-state index in [0.717, 1.165) is 59.5 Å². The molecule has 3 aromatic rings. The molecule has 1 spiro atoms. The second kappa shape index (κ2) is 14.1. The number of carbonyl (C=O) groups is 3. The molecule has 12 nitrogen and oxygen atoms in total. The number of rotatable bonds is 7.